The van der Waals surface area contributed by atoms with Gasteiger partial charge in [0, 0.05) is 23.2 Å². The molecule has 3 heteroatoms. The molecule has 0 spiro atoms. The fourth-order valence-corrected chi connectivity index (χ4v) is 4.14. The summed E-state index contributed by atoms with van der Waals surface area (Å²) in [5.41, 5.74) is 4.47. The quantitative estimate of drug-likeness (QED) is 0.761. The maximum absolute atomic E-state index is 12.5. The Bertz CT molecular complexity index is 827. The molecule has 1 aliphatic carbocycles. The predicted molar refractivity (Wildman–Crippen MR) is 106 cm³/mol. The van der Waals surface area contributed by atoms with Crippen molar-refractivity contribution < 1.29 is 4.79 Å². The van der Waals surface area contributed by atoms with Crippen LogP contribution in [0.1, 0.15) is 60.1 Å². The molecule has 1 heterocycles. The first kappa shape index (κ1) is 16.9. The van der Waals surface area contributed by atoms with Gasteiger partial charge in [-0.25, -0.2) is 0 Å². The third-order valence-electron chi connectivity index (χ3n) is 5.77. The molecular weight excluding hydrogens is 320 g/mol. The Kier molecular flexibility index (Phi) is 4.54. The van der Waals surface area contributed by atoms with Crippen molar-refractivity contribution in [3.8, 4) is 0 Å². The molecule has 2 N–H and O–H groups in total. The molecule has 3 nitrogen and oxygen atoms in total. The van der Waals surface area contributed by atoms with Crippen LogP contribution in [0.2, 0.25) is 0 Å². The van der Waals surface area contributed by atoms with Crippen LogP contribution >= 0.6 is 0 Å². The standard InChI is InChI=1S/C23H26N2O/c1-3-15(2)24-23(26)17-12-13-21-20(14-17)18-10-7-11-19(18)22(25-21)16-8-5-4-6-9-16/h4-10,12-15,18-19,22,25H,3,11H2,1-2H3,(H,24,26). The number of anilines is 1. The summed E-state index contributed by atoms with van der Waals surface area (Å²) in [5.74, 6) is 0.886. The molecule has 0 fully saturated rings. The molecule has 4 unspecified atom stereocenters. The van der Waals surface area contributed by atoms with Crippen molar-refractivity contribution in [2.24, 2.45) is 5.92 Å². The minimum absolute atomic E-state index is 0.0193. The Balaban J connectivity index is 1.66. The van der Waals surface area contributed by atoms with Gasteiger partial charge in [0.25, 0.3) is 5.91 Å². The third kappa shape index (κ3) is 3.03. The number of rotatable bonds is 4. The van der Waals surface area contributed by atoms with Crippen molar-refractivity contribution in [3.63, 3.8) is 0 Å². The van der Waals surface area contributed by atoms with E-state index in [0.717, 1.165) is 24.1 Å². The second-order valence-electron chi connectivity index (χ2n) is 7.47. The number of amides is 1. The molecule has 26 heavy (non-hydrogen) atoms. The Morgan fingerprint density at radius 2 is 2.04 bits per heavy atom. The highest BCUT2D eigenvalue weighted by Crippen LogP contribution is 2.49. The molecule has 134 valence electrons. The summed E-state index contributed by atoms with van der Waals surface area (Å²) in [6.45, 7) is 4.12. The highest BCUT2D eigenvalue weighted by atomic mass is 16.1. The van der Waals surface area contributed by atoms with E-state index in [-0.39, 0.29) is 11.9 Å². The van der Waals surface area contributed by atoms with E-state index in [0.29, 0.717) is 17.9 Å². The van der Waals surface area contributed by atoms with Crippen LogP contribution in [0.15, 0.2) is 60.7 Å². The molecule has 0 bridgehead atoms. The lowest BCUT2D eigenvalue weighted by Gasteiger charge is -2.37. The molecule has 0 saturated carbocycles. The van der Waals surface area contributed by atoms with Crippen LogP contribution in [0.3, 0.4) is 0 Å². The monoisotopic (exact) mass is 346 g/mol. The summed E-state index contributed by atoms with van der Waals surface area (Å²) >= 11 is 0. The number of benzene rings is 2. The Labute approximate surface area is 155 Å². The van der Waals surface area contributed by atoms with E-state index in [1.54, 1.807) is 0 Å². The smallest absolute Gasteiger partial charge is 0.251 e. The summed E-state index contributed by atoms with van der Waals surface area (Å²) in [6.07, 6.45) is 6.61. The lowest BCUT2D eigenvalue weighted by molar-refractivity contribution is 0.0939. The van der Waals surface area contributed by atoms with Gasteiger partial charge in [0.05, 0.1) is 6.04 Å². The molecule has 0 aromatic heterocycles. The van der Waals surface area contributed by atoms with Crippen molar-refractivity contribution in [1.82, 2.24) is 5.32 Å². The molecule has 2 aromatic carbocycles. The highest BCUT2D eigenvalue weighted by Gasteiger charge is 2.38. The largest absolute Gasteiger partial charge is 0.378 e. The second-order valence-corrected chi connectivity index (χ2v) is 7.47. The van der Waals surface area contributed by atoms with Crippen molar-refractivity contribution in [3.05, 3.63) is 77.4 Å². The maximum atomic E-state index is 12.5. The summed E-state index contributed by atoms with van der Waals surface area (Å²) in [5, 5.41) is 6.80. The van der Waals surface area contributed by atoms with Gasteiger partial charge >= 0.3 is 0 Å². The van der Waals surface area contributed by atoms with Crippen LogP contribution in [0.4, 0.5) is 5.69 Å². The Morgan fingerprint density at radius 3 is 2.81 bits per heavy atom. The molecule has 4 atom stereocenters. The van der Waals surface area contributed by atoms with Gasteiger partial charge < -0.3 is 10.6 Å². The van der Waals surface area contributed by atoms with Crippen molar-refractivity contribution in [2.75, 3.05) is 5.32 Å². The average Bonchev–Trinajstić information content (AvgIpc) is 3.17. The van der Waals surface area contributed by atoms with E-state index in [9.17, 15) is 4.79 Å². The van der Waals surface area contributed by atoms with Crippen LogP contribution in [0, 0.1) is 5.92 Å². The zero-order valence-electron chi connectivity index (χ0n) is 15.4. The van der Waals surface area contributed by atoms with E-state index >= 15 is 0 Å². The molecular formula is C23H26N2O. The van der Waals surface area contributed by atoms with Crippen molar-refractivity contribution in [2.45, 2.75) is 44.7 Å². The molecule has 4 rings (SSSR count). The topological polar surface area (TPSA) is 41.1 Å². The van der Waals surface area contributed by atoms with E-state index in [4.69, 9.17) is 0 Å². The summed E-state index contributed by atoms with van der Waals surface area (Å²) in [4.78, 5) is 12.5. The third-order valence-corrected chi connectivity index (χ3v) is 5.77. The van der Waals surface area contributed by atoms with Crippen molar-refractivity contribution >= 4 is 11.6 Å². The van der Waals surface area contributed by atoms with Gasteiger partial charge in [-0.3, -0.25) is 4.79 Å². The fourth-order valence-electron chi connectivity index (χ4n) is 4.14. The van der Waals surface area contributed by atoms with Gasteiger partial charge in [0.1, 0.15) is 0 Å². The Morgan fingerprint density at radius 1 is 1.23 bits per heavy atom. The lowest BCUT2D eigenvalue weighted by atomic mass is 9.76. The SMILES string of the molecule is CCC(C)NC(=O)c1ccc2c(c1)C1C=CCC1C(c1ccccc1)N2. The molecule has 0 saturated heterocycles. The minimum atomic E-state index is 0.0193. The number of fused-ring (bicyclic) bond motifs is 3. The first-order valence-corrected chi connectivity index (χ1v) is 9.60. The average molecular weight is 346 g/mol. The van der Waals surface area contributed by atoms with Gasteiger partial charge in [-0.05, 0) is 55.0 Å². The first-order chi connectivity index (χ1) is 12.7. The zero-order valence-corrected chi connectivity index (χ0v) is 15.4. The fraction of sp³-hybridized carbons (Fsp3) is 0.348. The van der Waals surface area contributed by atoms with E-state index in [2.05, 4.69) is 72.2 Å². The first-order valence-electron chi connectivity index (χ1n) is 9.60. The predicted octanol–water partition coefficient (Wildman–Crippen LogP) is 5.04. The number of hydrogen-bond acceptors (Lipinski definition) is 2. The number of nitrogens with one attached hydrogen (secondary N) is 2. The number of carbonyl (C=O) groups excluding carboxylic acids is 1. The number of allylic oxidation sites excluding steroid dienone is 2. The zero-order chi connectivity index (χ0) is 18.1. The van der Waals surface area contributed by atoms with Crippen LogP contribution in [-0.2, 0) is 0 Å². The Hall–Kier alpha value is -2.55. The number of carbonyl (C=O) groups is 1. The summed E-state index contributed by atoms with van der Waals surface area (Å²) in [7, 11) is 0. The maximum Gasteiger partial charge on any atom is 0.251 e. The van der Waals surface area contributed by atoms with E-state index in [1.807, 2.05) is 13.0 Å². The molecule has 1 aliphatic heterocycles. The highest BCUT2D eigenvalue weighted by molar-refractivity contribution is 5.95. The van der Waals surface area contributed by atoms with Gasteiger partial charge in [-0.2, -0.15) is 0 Å². The number of hydrogen-bond donors (Lipinski definition) is 2. The molecule has 0 radical (unpaired) electrons. The lowest BCUT2D eigenvalue weighted by Crippen LogP contribution is -2.33. The summed E-state index contributed by atoms with van der Waals surface area (Å²) < 4.78 is 0. The van der Waals surface area contributed by atoms with Crippen LogP contribution in [-0.4, -0.2) is 11.9 Å². The van der Waals surface area contributed by atoms with Gasteiger partial charge in [-0.15, -0.1) is 0 Å². The second kappa shape index (κ2) is 6.99. The van der Waals surface area contributed by atoms with E-state index in [1.165, 1.54) is 11.1 Å². The normalized spacial score (nSPS) is 24.3. The van der Waals surface area contributed by atoms with Crippen LogP contribution in [0.5, 0.6) is 0 Å². The molecule has 2 aromatic rings. The van der Waals surface area contributed by atoms with Crippen LogP contribution < -0.4 is 10.6 Å². The van der Waals surface area contributed by atoms with Gasteiger partial charge in [-0.1, -0.05) is 49.4 Å². The summed E-state index contributed by atoms with van der Waals surface area (Å²) in [6, 6.07) is 17.3. The van der Waals surface area contributed by atoms with Crippen LogP contribution in [0.25, 0.3) is 0 Å². The van der Waals surface area contributed by atoms with Gasteiger partial charge in [0.2, 0.25) is 0 Å². The van der Waals surface area contributed by atoms with E-state index < -0.39 is 0 Å². The van der Waals surface area contributed by atoms with Gasteiger partial charge in [0.15, 0.2) is 0 Å². The molecule has 2 aliphatic rings. The molecule has 1 amide bonds. The minimum Gasteiger partial charge on any atom is -0.378 e. The van der Waals surface area contributed by atoms with Crippen molar-refractivity contribution in [1.29, 1.82) is 0 Å².